The Morgan fingerprint density at radius 2 is 1.78 bits per heavy atom. The number of halogens is 1. The van der Waals surface area contributed by atoms with Crippen molar-refractivity contribution >= 4 is 17.3 Å². The van der Waals surface area contributed by atoms with Crippen molar-refractivity contribution in [3.63, 3.8) is 0 Å². The zero-order chi connectivity index (χ0) is 19.6. The Balaban J connectivity index is 2.03. The number of nitro groups is 1. The molecule has 1 heterocycles. The van der Waals surface area contributed by atoms with Crippen molar-refractivity contribution in [2.45, 2.75) is 13.8 Å². The smallest absolute Gasteiger partial charge is 0.269 e. The lowest BCUT2D eigenvalue weighted by molar-refractivity contribution is -0.384. The summed E-state index contributed by atoms with van der Waals surface area (Å²) in [5, 5.41) is 20.3. The summed E-state index contributed by atoms with van der Waals surface area (Å²) in [5.74, 6) is -0.300. The van der Waals surface area contributed by atoms with Gasteiger partial charge in [0.2, 0.25) is 0 Å². The first-order valence-corrected chi connectivity index (χ1v) is 8.22. The van der Waals surface area contributed by atoms with Crippen LogP contribution in [0.4, 0.5) is 10.1 Å². The number of allylic oxidation sites excluding steroid dienone is 1. The fraction of sp³-hybridized carbons (Fsp3) is 0.0952. The molecule has 0 saturated heterocycles. The van der Waals surface area contributed by atoms with E-state index in [-0.39, 0.29) is 11.5 Å². The van der Waals surface area contributed by atoms with Crippen LogP contribution < -0.4 is 0 Å². The summed E-state index contributed by atoms with van der Waals surface area (Å²) in [6, 6.07) is 16.2. The van der Waals surface area contributed by atoms with Gasteiger partial charge in [0.05, 0.1) is 16.6 Å². The zero-order valence-corrected chi connectivity index (χ0v) is 14.8. The number of benzene rings is 2. The van der Waals surface area contributed by atoms with E-state index in [2.05, 4.69) is 6.07 Å². The van der Waals surface area contributed by atoms with E-state index >= 15 is 0 Å². The Hall–Kier alpha value is -3.72. The second kappa shape index (κ2) is 7.26. The van der Waals surface area contributed by atoms with Gasteiger partial charge in [0.25, 0.3) is 5.69 Å². The zero-order valence-electron chi connectivity index (χ0n) is 14.8. The third-order valence-electron chi connectivity index (χ3n) is 4.36. The van der Waals surface area contributed by atoms with Gasteiger partial charge in [-0.2, -0.15) is 5.26 Å². The lowest BCUT2D eigenvalue weighted by Gasteiger charge is -2.09. The molecule has 0 radical (unpaired) electrons. The summed E-state index contributed by atoms with van der Waals surface area (Å²) in [6.45, 7) is 3.86. The van der Waals surface area contributed by atoms with E-state index in [0.717, 1.165) is 22.6 Å². The number of aryl methyl sites for hydroxylation is 1. The lowest BCUT2D eigenvalue weighted by Crippen LogP contribution is -1.99. The summed E-state index contributed by atoms with van der Waals surface area (Å²) in [6.07, 6.45) is 1.75. The molecule has 3 aromatic rings. The van der Waals surface area contributed by atoms with Crippen molar-refractivity contribution in [3.05, 3.63) is 93.0 Å². The van der Waals surface area contributed by atoms with Crippen LogP contribution in [0.5, 0.6) is 0 Å². The molecule has 0 aliphatic carbocycles. The average molecular weight is 361 g/mol. The second-order valence-corrected chi connectivity index (χ2v) is 6.11. The Labute approximate surface area is 155 Å². The van der Waals surface area contributed by atoms with Gasteiger partial charge in [-0.1, -0.05) is 0 Å². The first-order chi connectivity index (χ1) is 12.9. The molecule has 0 aliphatic heterocycles. The molecular formula is C21H16FN3O2. The van der Waals surface area contributed by atoms with Crippen molar-refractivity contribution in [1.82, 2.24) is 4.57 Å². The van der Waals surface area contributed by atoms with Gasteiger partial charge in [-0.15, -0.1) is 0 Å². The molecule has 0 atom stereocenters. The van der Waals surface area contributed by atoms with Gasteiger partial charge < -0.3 is 4.57 Å². The molecule has 2 aromatic carbocycles. The van der Waals surface area contributed by atoms with E-state index in [0.29, 0.717) is 11.1 Å². The number of hydrogen-bond donors (Lipinski definition) is 0. The fourth-order valence-electron chi connectivity index (χ4n) is 3.02. The Morgan fingerprint density at radius 3 is 2.33 bits per heavy atom. The van der Waals surface area contributed by atoms with Gasteiger partial charge in [0.1, 0.15) is 5.82 Å². The van der Waals surface area contributed by atoms with E-state index in [1.54, 1.807) is 30.3 Å². The highest BCUT2D eigenvalue weighted by Crippen LogP contribution is 2.26. The first-order valence-electron chi connectivity index (χ1n) is 8.22. The molecule has 0 unspecified atom stereocenters. The van der Waals surface area contributed by atoms with Crippen LogP contribution in [-0.4, -0.2) is 9.49 Å². The van der Waals surface area contributed by atoms with Gasteiger partial charge in [-0.3, -0.25) is 10.1 Å². The summed E-state index contributed by atoms with van der Waals surface area (Å²) in [4.78, 5) is 10.3. The van der Waals surface area contributed by atoms with E-state index in [1.165, 1.54) is 24.3 Å². The van der Waals surface area contributed by atoms with E-state index < -0.39 is 4.92 Å². The normalized spacial score (nSPS) is 11.3. The summed E-state index contributed by atoms with van der Waals surface area (Å²) >= 11 is 0. The number of rotatable bonds is 4. The maximum atomic E-state index is 13.2. The highest BCUT2D eigenvalue weighted by molar-refractivity contribution is 5.90. The standard InChI is InChI=1S/C21H16FN3O2/c1-14-11-17(15(2)24(14)20-9-5-19(22)6-10-20)12-18(13-23)16-3-7-21(8-4-16)25(26)27/h3-12H,1-2H3/b18-12+. The van der Waals surface area contributed by atoms with Crippen LogP contribution >= 0.6 is 0 Å². The van der Waals surface area contributed by atoms with Crippen LogP contribution in [0.15, 0.2) is 54.6 Å². The molecule has 0 fully saturated rings. The molecular weight excluding hydrogens is 345 g/mol. The highest BCUT2D eigenvalue weighted by atomic mass is 19.1. The fourth-order valence-corrected chi connectivity index (χ4v) is 3.02. The summed E-state index contributed by atoms with van der Waals surface area (Å²) in [7, 11) is 0. The predicted molar refractivity (Wildman–Crippen MR) is 102 cm³/mol. The first kappa shape index (κ1) is 18.1. The Bertz CT molecular complexity index is 1070. The average Bonchev–Trinajstić information content (AvgIpc) is 2.94. The van der Waals surface area contributed by atoms with Crippen molar-refractivity contribution in [2.75, 3.05) is 0 Å². The topological polar surface area (TPSA) is 71.9 Å². The van der Waals surface area contributed by atoms with Crippen LogP contribution in [0.2, 0.25) is 0 Å². The Morgan fingerprint density at radius 1 is 1.15 bits per heavy atom. The van der Waals surface area contributed by atoms with Gasteiger partial charge in [0, 0.05) is 29.2 Å². The molecule has 5 nitrogen and oxygen atoms in total. The van der Waals surface area contributed by atoms with Crippen LogP contribution in [0.25, 0.3) is 17.3 Å². The van der Waals surface area contributed by atoms with Crippen LogP contribution in [-0.2, 0) is 0 Å². The second-order valence-electron chi connectivity index (χ2n) is 6.11. The third-order valence-corrected chi connectivity index (χ3v) is 4.36. The number of aromatic nitrogens is 1. The number of hydrogen-bond acceptors (Lipinski definition) is 3. The molecule has 0 saturated carbocycles. The van der Waals surface area contributed by atoms with Gasteiger partial charge in [-0.25, -0.2) is 4.39 Å². The lowest BCUT2D eigenvalue weighted by atomic mass is 10.0. The minimum absolute atomic E-state index is 0.0227. The molecule has 0 bridgehead atoms. The maximum absolute atomic E-state index is 13.2. The summed E-state index contributed by atoms with van der Waals surface area (Å²) < 4.78 is 15.2. The maximum Gasteiger partial charge on any atom is 0.269 e. The monoisotopic (exact) mass is 361 g/mol. The number of nitriles is 1. The van der Waals surface area contributed by atoms with Crippen LogP contribution in [0.1, 0.15) is 22.5 Å². The number of nitrogens with zero attached hydrogens (tertiary/aromatic N) is 3. The molecule has 0 spiro atoms. The molecule has 1 aromatic heterocycles. The van der Waals surface area contributed by atoms with Gasteiger partial charge in [0.15, 0.2) is 0 Å². The SMILES string of the molecule is Cc1cc(/C=C(\C#N)c2ccc([N+](=O)[O-])cc2)c(C)n1-c1ccc(F)cc1. The third kappa shape index (κ3) is 3.62. The minimum atomic E-state index is -0.476. The van der Waals surface area contributed by atoms with Crippen molar-refractivity contribution < 1.29 is 9.31 Å². The highest BCUT2D eigenvalue weighted by Gasteiger charge is 2.12. The number of nitro benzene ring substituents is 1. The molecule has 134 valence electrons. The van der Waals surface area contributed by atoms with E-state index in [4.69, 9.17) is 0 Å². The minimum Gasteiger partial charge on any atom is -0.318 e. The molecule has 0 amide bonds. The summed E-state index contributed by atoms with van der Waals surface area (Å²) in [5.41, 5.74) is 4.54. The molecule has 27 heavy (non-hydrogen) atoms. The quantitative estimate of drug-likeness (QED) is 0.364. The van der Waals surface area contributed by atoms with Crippen LogP contribution in [0, 0.1) is 41.1 Å². The van der Waals surface area contributed by atoms with Crippen molar-refractivity contribution in [1.29, 1.82) is 5.26 Å². The molecule has 0 aliphatic rings. The predicted octanol–water partition coefficient (Wildman–Crippen LogP) is 5.21. The largest absolute Gasteiger partial charge is 0.318 e. The van der Waals surface area contributed by atoms with Gasteiger partial charge >= 0.3 is 0 Å². The van der Waals surface area contributed by atoms with Crippen molar-refractivity contribution in [2.24, 2.45) is 0 Å². The van der Waals surface area contributed by atoms with E-state index in [9.17, 15) is 19.8 Å². The van der Waals surface area contributed by atoms with Crippen molar-refractivity contribution in [3.8, 4) is 11.8 Å². The van der Waals surface area contributed by atoms with Crippen LogP contribution in [0.3, 0.4) is 0 Å². The molecule has 6 heteroatoms. The van der Waals surface area contributed by atoms with Gasteiger partial charge in [-0.05, 0) is 73.5 Å². The molecule has 0 N–H and O–H groups in total. The van der Waals surface area contributed by atoms with E-state index in [1.807, 2.05) is 24.5 Å². The number of non-ortho nitro benzene ring substituents is 1. The Kier molecular flexibility index (Phi) is 4.86. The molecule has 3 rings (SSSR count).